The molecular formula is C18H13FN2O2S. The summed E-state index contributed by atoms with van der Waals surface area (Å²) in [6.07, 6.45) is 0. The summed E-state index contributed by atoms with van der Waals surface area (Å²) >= 11 is 1.33. The number of nitrogens with one attached hydrogen (secondary N) is 2. The highest BCUT2D eigenvalue weighted by Crippen LogP contribution is 2.17. The maximum absolute atomic E-state index is 13.6. The molecule has 4 nitrogen and oxygen atoms in total. The summed E-state index contributed by atoms with van der Waals surface area (Å²) in [5.41, 5.74) is 0.923. The van der Waals surface area contributed by atoms with Crippen molar-refractivity contribution in [3.05, 3.63) is 82.3 Å². The molecule has 0 aliphatic heterocycles. The fraction of sp³-hybridized carbons (Fsp3) is 0. The fourth-order valence-corrected chi connectivity index (χ4v) is 2.71. The van der Waals surface area contributed by atoms with Gasteiger partial charge < -0.3 is 10.6 Å². The first-order chi connectivity index (χ1) is 11.6. The van der Waals surface area contributed by atoms with Gasteiger partial charge in [-0.05, 0) is 41.8 Å². The van der Waals surface area contributed by atoms with Crippen molar-refractivity contribution < 1.29 is 14.0 Å². The van der Waals surface area contributed by atoms with Gasteiger partial charge in [-0.25, -0.2) is 4.39 Å². The Kier molecular flexibility index (Phi) is 4.67. The van der Waals surface area contributed by atoms with Crippen LogP contribution in [0.5, 0.6) is 0 Å². The number of amides is 2. The topological polar surface area (TPSA) is 58.2 Å². The van der Waals surface area contributed by atoms with Gasteiger partial charge in [-0.3, -0.25) is 9.59 Å². The Morgan fingerprint density at radius 2 is 1.71 bits per heavy atom. The van der Waals surface area contributed by atoms with Gasteiger partial charge in [-0.15, -0.1) is 11.3 Å². The van der Waals surface area contributed by atoms with E-state index in [-0.39, 0.29) is 11.6 Å². The lowest BCUT2D eigenvalue weighted by Crippen LogP contribution is -2.14. The fourth-order valence-electron chi connectivity index (χ4n) is 2.10. The molecule has 2 amide bonds. The van der Waals surface area contributed by atoms with Crippen LogP contribution in [-0.2, 0) is 0 Å². The zero-order valence-corrected chi connectivity index (χ0v) is 13.3. The first kappa shape index (κ1) is 15.9. The quantitative estimate of drug-likeness (QED) is 0.740. The van der Waals surface area contributed by atoms with Crippen LogP contribution >= 0.6 is 11.3 Å². The van der Waals surface area contributed by atoms with Crippen molar-refractivity contribution in [1.82, 2.24) is 0 Å². The first-order valence-electron chi connectivity index (χ1n) is 7.14. The van der Waals surface area contributed by atoms with Crippen molar-refractivity contribution in [2.24, 2.45) is 0 Å². The number of thiophene rings is 1. The standard InChI is InChI=1S/C18H13FN2O2S/c19-14-7-1-2-8-15(14)21-17(22)12-5-3-6-13(11-12)20-18(23)16-9-4-10-24-16/h1-11H,(H,20,23)(H,21,22). The van der Waals surface area contributed by atoms with E-state index in [1.807, 2.05) is 5.38 Å². The number of hydrogen-bond donors (Lipinski definition) is 2. The first-order valence-corrected chi connectivity index (χ1v) is 8.02. The molecule has 1 aromatic heterocycles. The van der Waals surface area contributed by atoms with E-state index in [0.717, 1.165) is 0 Å². The third-order valence-electron chi connectivity index (χ3n) is 3.25. The predicted octanol–water partition coefficient (Wildman–Crippen LogP) is 4.39. The lowest BCUT2D eigenvalue weighted by Gasteiger charge is -2.08. The second kappa shape index (κ2) is 7.06. The molecule has 0 spiro atoms. The average Bonchev–Trinajstić information content (AvgIpc) is 3.12. The molecule has 0 bridgehead atoms. The van der Waals surface area contributed by atoms with E-state index < -0.39 is 11.7 Å². The van der Waals surface area contributed by atoms with Crippen LogP contribution in [0.3, 0.4) is 0 Å². The minimum atomic E-state index is -0.506. The molecule has 1 heterocycles. The lowest BCUT2D eigenvalue weighted by atomic mass is 10.1. The second-order valence-electron chi connectivity index (χ2n) is 4.95. The van der Waals surface area contributed by atoms with Gasteiger partial charge >= 0.3 is 0 Å². The number of carbonyl (C=O) groups is 2. The summed E-state index contributed by atoms with van der Waals surface area (Å²) in [4.78, 5) is 24.9. The maximum Gasteiger partial charge on any atom is 0.265 e. The second-order valence-corrected chi connectivity index (χ2v) is 5.89. The molecule has 0 unspecified atom stereocenters. The monoisotopic (exact) mass is 340 g/mol. The molecule has 120 valence electrons. The Balaban J connectivity index is 1.74. The van der Waals surface area contributed by atoms with Crippen LogP contribution in [0.4, 0.5) is 15.8 Å². The smallest absolute Gasteiger partial charge is 0.265 e. The SMILES string of the molecule is O=C(Nc1ccccc1F)c1cccc(NC(=O)c2cccs2)c1. The molecule has 2 N–H and O–H groups in total. The minimum Gasteiger partial charge on any atom is -0.321 e. The van der Waals surface area contributed by atoms with Crippen molar-refractivity contribution in [3.63, 3.8) is 0 Å². The third kappa shape index (κ3) is 3.67. The van der Waals surface area contributed by atoms with Crippen molar-refractivity contribution in [1.29, 1.82) is 0 Å². The van der Waals surface area contributed by atoms with Crippen LogP contribution in [0.15, 0.2) is 66.0 Å². The number of rotatable bonds is 4. The number of para-hydroxylation sites is 1. The van der Waals surface area contributed by atoms with E-state index in [0.29, 0.717) is 16.1 Å². The summed E-state index contributed by atoms with van der Waals surface area (Å²) < 4.78 is 13.6. The maximum atomic E-state index is 13.6. The van der Waals surface area contributed by atoms with E-state index in [2.05, 4.69) is 10.6 Å². The molecule has 0 saturated heterocycles. The highest BCUT2D eigenvalue weighted by Gasteiger charge is 2.11. The summed E-state index contributed by atoms with van der Waals surface area (Å²) in [5.74, 6) is -1.20. The lowest BCUT2D eigenvalue weighted by molar-refractivity contribution is 0.101. The Labute approximate surface area is 142 Å². The Bertz CT molecular complexity index is 878. The van der Waals surface area contributed by atoms with E-state index in [4.69, 9.17) is 0 Å². The number of carbonyl (C=O) groups excluding carboxylic acids is 2. The number of halogens is 1. The van der Waals surface area contributed by atoms with Crippen molar-refractivity contribution >= 4 is 34.5 Å². The van der Waals surface area contributed by atoms with E-state index >= 15 is 0 Å². The number of hydrogen-bond acceptors (Lipinski definition) is 3. The van der Waals surface area contributed by atoms with Gasteiger partial charge in [0.25, 0.3) is 11.8 Å². The van der Waals surface area contributed by atoms with E-state index in [1.165, 1.54) is 23.5 Å². The van der Waals surface area contributed by atoms with Gasteiger partial charge in [0.05, 0.1) is 10.6 Å². The molecule has 24 heavy (non-hydrogen) atoms. The van der Waals surface area contributed by atoms with Crippen LogP contribution in [0.1, 0.15) is 20.0 Å². The molecular weight excluding hydrogens is 327 g/mol. The molecule has 3 aromatic rings. The van der Waals surface area contributed by atoms with Crippen LogP contribution in [-0.4, -0.2) is 11.8 Å². The summed E-state index contributed by atoms with van der Waals surface area (Å²) in [7, 11) is 0. The normalized spacial score (nSPS) is 10.2. The van der Waals surface area contributed by atoms with Crippen LogP contribution in [0, 0.1) is 5.82 Å². The molecule has 0 aliphatic rings. The van der Waals surface area contributed by atoms with E-state index in [9.17, 15) is 14.0 Å². The summed E-state index contributed by atoms with van der Waals surface area (Å²) in [5, 5.41) is 7.05. The van der Waals surface area contributed by atoms with Gasteiger partial charge in [0.15, 0.2) is 0 Å². The van der Waals surface area contributed by atoms with Crippen molar-refractivity contribution in [3.8, 4) is 0 Å². The zero-order valence-electron chi connectivity index (χ0n) is 12.5. The predicted molar refractivity (Wildman–Crippen MR) is 93.1 cm³/mol. The molecule has 0 fully saturated rings. The van der Waals surface area contributed by atoms with Crippen LogP contribution < -0.4 is 10.6 Å². The molecule has 2 aromatic carbocycles. The molecule has 6 heteroatoms. The van der Waals surface area contributed by atoms with E-state index in [1.54, 1.807) is 48.5 Å². The Hall–Kier alpha value is -2.99. The van der Waals surface area contributed by atoms with Gasteiger partial charge in [0.2, 0.25) is 0 Å². The van der Waals surface area contributed by atoms with Crippen molar-refractivity contribution in [2.45, 2.75) is 0 Å². The van der Waals surface area contributed by atoms with Crippen LogP contribution in [0.25, 0.3) is 0 Å². The van der Waals surface area contributed by atoms with Crippen molar-refractivity contribution in [2.75, 3.05) is 10.6 Å². The van der Waals surface area contributed by atoms with Gasteiger partial charge in [-0.1, -0.05) is 24.3 Å². The van der Waals surface area contributed by atoms with Crippen LogP contribution in [0.2, 0.25) is 0 Å². The summed E-state index contributed by atoms with van der Waals surface area (Å²) in [6, 6.07) is 15.9. The number of benzene rings is 2. The average molecular weight is 340 g/mol. The highest BCUT2D eigenvalue weighted by molar-refractivity contribution is 7.12. The highest BCUT2D eigenvalue weighted by atomic mass is 32.1. The van der Waals surface area contributed by atoms with Gasteiger partial charge in [-0.2, -0.15) is 0 Å². The van der Waals surface area contributed by atoms with Gasteiger partial charge in [0, 0.05) is 11.3 Å². The zero-order chi connectivity index (χ0) is 16.9. The summed E-state index contributed by atoms with van der Waals surface area (Å²) in [6.45, 7) is 0. The number of anilines is 2. The van der Waals surface area contributed by atoms with Gasteiger partial charge in [0.1, 0.15) is 5.82 Å². The molecule has 0 radical (unpaired) electrons. The Morgan fingerprint density at radius 3 is 2.46 bits per heavy atom. The minimum absolute atomic E-state index is 0.107. The molecule has 0 aliphatic carbocycles. The Morgan fingerprint density at radius 1 is 0.875 bits per heavy atom. The largest absolute Gasteiger partial charge is 0.321 e. The molecule has 0 saturated carbocycles. The third-order valence-corrected chi connectivity index (χ3v) is 4.12. The molecule has 3 rings (SSSR count). The molecule has 0 atom stereocenters.